The molecule has 0 radical (unpaired) electrons. The number of amides is 1. The summed E-state index contributed by atoms with van der Waals surface area (Å²) < 4.78 is 1.79. The molecular weight excluding hydrogens is 334 g/mol. The number of hydrogen-bond acceptors (Lipinski definition) is 2. The lowest BCUT2D eigenvalue weighted by Gasteiger charge is -2.28. The number of halogens is 1. The van der Waals surface area contributed by atoms with Gasteiger partial charge in [0.05, 0.1) is 5.02 Å². The molecule has 1 unspecified atom stereocenters. The Kier molecular flexibility index (Phi) is 4.22. The molecule has 4 rings (SSSR count). The van der Waals surface area contributed by atoms with Crippen LogP contribution in [0.15, 0.2) is 48.8 Å². The number of fused-ring (bicyclic) bond motifs is 2. The molecule has 1 amide bonds. The zero-order chi connectivity index (χ0) is 17.4. The molecule has 4 nitrogen and oxygen atoms in total. The highest BCUT2D eigenvalue weighted by Crippen LogP contribution is 2.26. The van der Waals surface area contributed by atoms with Crippen molar-refractivity contribution in [3.8, 4) is 0 Å². The minimum atomic E-state index is -0.0568. The van der Waals surface area contributed by atoms with Crippen molar-refractivity contribution in [3.05, 3.63) is 70.6 Å². The van der Waals surface area contributed by atoms with Gasteiger partial charge < -0.3 is 9.30 Å². The standard InChI is InChI=1S/C20H20ClN3O/c1-23(12-14-8-9-15-5-2-3-6-16(15)11-14)20(25)18-13-24-10-4-7-17(21)19(24)22-18/h2-7,10,13-14H,8-9,11-12H2,1H3. The van der Waals surface area contributed by atoms with Crippen molar-refractivity contribution in [2.24, 2.45) is 5.92 Å². The number of imidazole rings is 1. The Balaban J connectivity index is 1.48. The van der Waals surface area contributed by atoms with Gasteiger partial charge in [0.2, 0.25) is 0 Å². The van der Waals surface area contributed by atoms with E-state index in [9.17, 15) is 4.79 Å². The van der Waals surface area contributed by atoms with Crippen LogP contribution < -0.4 is 0 Å². The summed E-state index contributed by atoms with van der Waals surface area (Å²) in [5.41, 5.74) is 3.92. The van der Waals surface area contributed by atoms with E-state index in [1.807, 2.05) is 19.3 Å². The van der Waals surface area contributed by atoms with Gasteiger partial charge in [0.1, 0.15) is 5.69 Å². The fourth-order valence-electron chi connectivity index (χ4n) is 3.68. The molecule has 0 N–H and O–H groups in total. The third-order valence-corrected chi connectivity index (χ3v) is 5.28. The Morgan fingerprint density at radius 3 is 2.88 bits per heavy atom. The lowest BCUT2D eigenvalue weighted by molar-refractivity contribution is 0.0763. The lowest BCUT2D eigenvalue weighted by Crippen LogP contribution is -2.34. The van der Waals surface area contributed by atoms with Crippen molar-refractivity contribution < 1.29 is 4.79 Å². The average molecular weight is 354 g/mol. The van der Waals surface area contributed by atoms with Crippen molar-refractivity contribution in [3.63, 3.8) is 0 Å². The van der Waals surface area contributed by atoms with Gasteiger partial charge in [-0.25, -0.2) is 4.98 Å². The molecule has 1 aliphatic rings. The predicted molar refractivity (Wildman–Crippen MR) is 99.1 cm³/mol. The van der Waals surface area contributed by atoms with Gasteiger partial charge in [-0.2, -0.15) is 0 Å². The normalized spacial score (nSPS) is 16.6. The van der Waals surface area contributed by atoms with E-state index >= 15 is 0 Å². The number of aryl methyl sites for hydroxylation is 1. The van der Waals surface area contributed by atoms with Crippen LogP contribution >= 0.6 is 11.6 Å². The monoisotopic (exact) mass is 353 g/mol. The molecule has 0 aliphatic heterocycles. The van der Waals surface area contributed by atoms with E-state index in [4.69, 9.17) is 11.6 Å². The van der Waals surface area contributed by atoms with Crippen LogP contribution in [0, 0.1) is 5.92 Å². The first kappa shape index (κ1) is 16.2. The first-order chi connectivity index (χ1) is 12.1. The summed E-state index contributed by atoms with van der Waals surface area (Å²) in [4.78, 5) is 18.9. The molecule has 2 heterocycles. The van der Waals surface area contributed by atoms with Crippen molar-refractivity contribution in [2.75, 3.05) is 13.6 Å². The number of aromatic nitrogens is 2. The van der Waals surface area contributed by atoms with Crippen LogP contribution in [0.5, 0.6) is 0 Å². The first-order valence-electron chi connectivity index (χ1n) is 8.57. The maximum Gasteiger partial charge on any atom is 0.273 e. The van der Waals surface area contributed by atoms with E-state index in [1.54, 1.807) is 21.6 Å². The number of rotatable bonds is 3. The van der Waals surface area contributed by atoms with Crippen LogP contribution in [0.3, 0.4) is 0 Å². The second kappa shape index (κ2) is 6.52. The van der Waals surface area contributed by atoms with Crippen LogP contribution in [0.4, 0.5) is 0 Å². The van der Waals surface area contributed by atoms with E-state index in [0.29, 0.717) is 22.3 Å². The molecule has 0 spiro atoms. The Morgan fingerprint density at radius 1 is 1.28 bits per heavy atom. The molecule has 0 saturated carbocycles. The van der Waals surface area contributed by atoms with E-state index < -0.39 is 0 Å². The topological polar surface area (TPSA) is 37.6 Å². The van der Waals surface area contributed by atoms with Gasteiger partial charge in [0.25, 0.3) is 5.91 Å². The van der Waals surface area contributed by atoms with Gasteiger partial charge in [-0.05, 0) is 48.4 Å². The quantitative estimate of drug-likeness (QED) is 0.717. The number of carbonyl (C=O) groups excluding carboxylic acids is 1. The molecule has 25 heavy (non-hydrogen) atoms. The molecule has 128 valence electrons. The van der Waals surface area contributed by atoms with E-state index in [2.05, 4.69) is 29.2 Å². The van der Waals surface area contributed by atoms with Gasteiger partial charge >= 0.3 is 0 Å². The molecule has 1 atom stereocenters. The van der Waals surface area contributed by atoms with Gasteiger partial charge in [-0.3, -0.25) is 4.79 Å². The van der Waals surface area contributed by atoms with Crippen molar-refractivity contribution in [1.82, 2.24) is 14.3 Å². The van der Waals surface area contributed by atoms with E-state index in [-0.39, 0.29) is 5.91 Å². The van der Waals surface area contributed by atoms with Crippen LogP contribution in [-0.4, -0.2) is 33.8 Å². The molecule has 0 bridgehead atoms. The van der Waals surface area contributed by atoms with Crippen molar-refractivity contribution in [1.29, 1.82) is 0 Å². The fraction of sp³-hybridized carbons (Fsp3) is 0.300. The smallest absolute Gasteiger partial charge is 0.273 e. The molecule has 2 aromatic heterocycles. The number of hydrogen-bond donors (Lipinski definition) is 0. The largest absolute Gasteiger partial charge is 0.340 e. The van der Waals surface area contributed by atoms with E-state index in [0.717, 1.165) is 25.8 Å². The summed E-state index contributed by atoms with van der Waals surface area (Å²) in [6, 6.07) is 12.2. The summed E-state index contributed by atoms with van der Waals surface area (Å²) in [5.74, 6) is 0.433. The summed E-state index contributed by atoms with van der Waals surface area (Å²) in [7, 11) is 1.86. The Hall–Kier alpha value is -2.33. The number of pyridine rings is 1. The molecule has 0 fully saturated rings. The lowest BCUT2D eigenvalue weighted by atomic mass is 9.84. The second-order valence-electron chi connectivity index (χ2n) is 6.78. The van der Waals surface area contributed by atoms with Gasteiger partial charge in [0.15, 0.2) is 5.65 Å². The summed E-state index contributed by atoms with van der Waals surface area (Å²) in [5, 5.41) is 0.549. The second-order valence-corrected chi connectivity index (χ2v) is 7.18. The third kappa shape index (κ3) is 3.14. The van der Waals surface area contributed by atoms with Crippen LogP contribution in [0.1, 0.15) is 28.0 Å². The molecular formula is C20H20ClN3O. The highest BCUT2D eigenvalue weighted by molar-refractivity contribution is 6.33. The average Bonchev–Trinajstić information content (AvgIpc) is 3.06. The fourth-order valence-corrected chi connectivity index (χ4v) is 3.89. The van der Waals surface area contributed by atoms with Gasteiger partial charge in [-0.15, -0.1) is 0 Å². The first-order valence-corrected chi connectivity index (χ1v) is 8.95. The molecule has 0 saturated heterocycles. The van der Waals surface area contributed by atoms with Gasteiger partial charge in [0, 0.05) is 26.0 Å². The minimum Gasteiger partial charge on any atom is -0.340 e. The maximum atomic E-state index is 12.8. The zero-order valence-electron chi connectivity index (χ0n) is 14.2. The van der Waals surface area contributed by atoms with Crippen LogP contribution in [-0.2, 0) is 12.8 Å². The molecule has 1 aliphatic carbocycles. The molecule has 1 aromatic carbocycles. The number of nitrogens with zero attached hydrogens (tertiary/aromatic N) is 3. The summed E-state index contributed by atoms with van der Waals surface area (Å²) in [6.45, 7) is 0.745. The number of benzene rings is 1. The summed E-state index contributed by atoms with van der Waals surface area (Å²) >= 11 is 6.15. The molecule has 5 heteroatoms. The van der Waals surface area contributed by atoms with Crippen LogP contribution in [0.2, 0.25) is 5.02 Å². The zero-order valence-corrected chi connectivity index (χ0v) is 14.9. The maximum absolute atomic E-state index is 12.8. The Bertz CT molecular complexity index is 934. The number of carbonyl (C=O) groups is 1. The SMILES string of the molecule is CN(CC1CCc2ccccc2C1)C(=O)c1cn2cccc(Cl)c2n1. The Labute approximate surface area is 152 Å². The van der Waals surface area contributed by atoms with Crippen molar-refractivity contribution in [2.45, 2.75) is 19.3 Å². The minimum absolute atomic E-state index is 0.0568. The van der Waals surface area contributed by atoms with Gasteiger partial charge in [-0.1, -0.05) is 35.9 Å². The van der Waals surface area contributed by atoms with E-state index in [1.165, 1.54) is 11.1 Å². The summed E-state index contributed by atoms with van der Waals surface area (Å²) in [6.07, 6.45) is 6.84. The van der Waals surface area contributed by atoms with Crippen molar-refractivity contribution >= 4 is 23.2 Å². The third-order valence-electron chi connectivity index (χ3n) is 4.98. The predicted octanol–water partition coefficient (Wildman–Crippen LogP) is 3.86. The highest BCUT2D eigenvalue weighted by Gasteiger charge is 2.23. The van der Waals surface area contributed by atoms with Crippen LogP contribution in [0.25, 0.3) is 5.65 Å². The Morgan fingerprint density at radius 2 is 2.08 bits per heavy atom. The highest BCUT2D eigenvalue weighted by atomic mass is 35.5. The molecule has 3 aromatic rings.